The fourth-order valence-electron chi connectivity index (χ4n) is 1.99. The highest BCUT2D eigenvalue weighted by molar-refractivity contribution is 6.04. The van der Waals surface area contributed by atoms with Crippen LogP contribution in [0.4, 0.5) is 0 Å². The number of carboxylic acid groups (broad SMARTS) is 1. The quantitative estimate of drug-likeness (QED) is 0.784. The first-order valence-corrected chi connectivity index (χ1v) is 6.18. The van der Waals surface area contributed by atoms with Gasteiger partial charge in [0.1, 0.15) is 5.56 Å². The van der Waals surface area contributed by atoms with E-state index >= 15 is 0 Å². The average Bonchev–Trinajstić information content (AvgIpc) is 2.89. The number of pyridine rings is 1. The Morgan fingerprint density at radius 3 is 2.90 bits per heavy atom. The maximum Gasteiger partial charge on any atom is 0.340 e. The topological polar surface area (TPSA) is 98.3 Å². The molecule has 106 valence electrons. The van der Waals surface area contributed by atoms with Crippen molar-refractivity contribution in [1.82, 2.24) is 15.1 Å². The molecule has 0 aliphatic heterocycles. The molecule has 2 aromatic heterocycles. The van der Waals surface area contributed by atoms with E-state index in [-0.39, 0.29) is 23.8 Å². The van der Waals surface area contributed by atoms with Gasteiger partial charge in [-0.25, -0.2) is 4.79 Å². The van der Waals surface area contributed by atoms with E-state index in [1.54, 1.807) is 31.2 Å². The lowest BCUT2D eigenvalue weighted by Crippen LogP contribution is -2.05. The number of nitrogens with zero attached hydrogens (tertiary/aromatic N) is 3. The summed E-state index contributed by atoms with van der Waals surface area (Å²) in [5, 5.41) is 13.6. The summed E-state index contributed by atoms with van der Waals surface area (Å²) >= 11 is 0. The maximum atomic E-state index is 11.5. The molecule has 7 heteroatoms. The molecule has 0 bridgehead atoms. The number of aromatic carboxylic acids is 1. The van der Waals surface area contributed by atoms with Crippen LogP contribution in [0, 0.1) is 6.92 Å². The van der Waals surface area contributed by atoms with E-state index in [2.05, 4.69) is 15.1 Å². The number of benzene rings is 1. The monoisotopic (exact) mass is 285 g/mol. The van der Waals surface area contributed by atoms with Gasteiger partial charge in [-0.05, 0) is 13.0 Å². The van der Waals surface area contributed by atoms with E-state index in [9.17, 15) is 9.90 Å². The predicted octanol–water partition coefficient (Wildman–Crippen LogP) is 2.20. The van der Waals surface area contributed by atoms with Crippen LogP contribution in [0.2, 0.25) is 0 Å². The van der Waals surface area contributed by atoms with E-state index < -0.39 is 5.97 Å². The predicted molar refractivity (Wildman–Crippen MR) is 72.1 cm³/mol. The van der Waals surface area contributed by atoms with Crippen LogP contribution in [0.5, 0.6) is 5.75 Å². The molecule has 0 spiro atoms. The molecule has 0 unspecified atom stereocenters. The van der Waals surface area contributed by atoms with Crippen molar-refractivity contribution >= 4 is 16.9 Å². The second-order valence-electron chi connectivity index (χ2n) is 4.34. The number of ether oxygens (including phenoxy) is 1. The summed E-state index contributed by atoms with van der Waals surface area (Å²) < 4.78 is 10.4. The van der Waals surface area contributed by atoms with Crippen molar-refractivity contribution in [3.8, 4) is 5.75 Å². The Morgan fingerprint density at radius 2 is 2.19 bits per heavy atom. The fourth-order valence-corrected chi connectivity index (χ4v) is 1.99. The Labute approximate surface area is 119 Å². The minimum Gasteiger partial charge on any atom is -0.481 e. The van der Waals surface area contributed by atoms with Gasteiger partial charge < -0.3 is 14.4 Å². The van der Waals surface area contributed by atoms with Gasteiger partial charge in [-0.1, -0.05) is 23.4 Å². The van der Waals surface area contributed by atoms with Crippen LogP contribution >= 0.6 is 0 Å². The van der Waals surface area contributed by atoms with Crippen molar-refractivity contribution in [2.24, 2.45) is 0 Å². The molecule has 0 aliphatic rings. The summed E-state index contributed by atoms with van der Waals surface area (Å²) in [7, 11) is 0. The first kappa shape index (κ1) is 13.0. The highest BCUT2D eigenvalue weighted by Gasteiger charge is 2.17. The molecule has 3 aromatic rings. The van der Waals surface area contributed by atoms with Crippen molar-refractivity contribution in [1.29, 1.82) is 0 Å². The molecule has 0 saturated carbocycles. The number of aromatic nitrogens is 3. The molecule has 1 N–H and O–H groups in total. The highest BCUT2D eigenvalue weighted by atomic mass is 16.5. The zero-order valence-corrected chi connectivity index (χ0v) is 11.1. The molecule has 3 rings (SSSR count). The Bertz CT molecular complexity index is 813. The summed E-state index contributed by atoms with van der Waals surface area (Å²) in [6, 6.07) is 6.98. The Balaban J connectivity index is 1.97. The SMILES string of the molecule is Cc1noc(COc2cnc3ccccc3c2C(=O)O)n1. The number of para-hydroxylation sites is 1. The Morgan fingerprint density at radius 1 is 1.38 bits per heavy atom. The van der Waals surface area contributed by atoms with Crippen molar-refractivity contribution in [2.45, 2.75) is 13.5 Å². The number of hydrogen-bond donors (Lipinski definition) is 1. The summed E-state index contributed by atoms with van der Waals surface area (Å²) in [5.41, 5.74) is 0.660. The second-order valence-corrected chi connectivity index (χ2v) is 4.34. The van der Waals surface area contributed by atoms with Gasteiger partial charge in [-0.3, -0.25) is 4.98 Å². The van der Waals surface area contributed by atoms with Gasteiger partial charge in [-0.15, -0.1) is 0 Å². The van der Waals surface area contributed by atoms with Crippen LogP contribution in [-0.4, -0.2) is 26.2 Å². The van der Waals surface area contributed by atoms with Crippen LogP contribution in [-0.2, 0) is 6.61 Å². The second kappa shape index (κ2) is 5.20. The standard InChI is InChI=1S/C14H11N3O4/c1-8-16-12(21-17-8)7-20-11-6-15-10-5-3-2-4-9(10)13(11)14(18)19/h2-6H,7H2,1H3,(H,18,19). The molecule has 2 heterocycles. The maximum absolute atomic E-state index is 11.5. The number of carboxylic acids is 1. The number of aryl methyl sites for hydroxylation is 1. The van der Waals surface area contributed by atoms with Gasteiger partial charge in [0.05, 0.1) is 11.7 Å². The zero-order valence-electron chi connectivity index (χ0n) is 11.1. The van der Waals surface area contributed by atoms with E-state index in [0.29, 0.717) is 16.7 Å². The van der Waals surface area contributed by atoms with E-state index in [4.69, 9.17) is 9.26 Å². The van der Waals surface area contributed by atoms with Crippen molar-refractivity contribution < 1.29 is 19.2 Å². The van der Waals surface area contributed by atoms with Crippen LogP contribution in [0.15, 0.2) is 35.0 Å². The van der Waals surface area contributed by atoms with E-state index in [1.807, 2.05) is 0 Å². The lowest BCUT2D eigenvalue weighted by Gasteiger charge is -2.09. The van der Waals surface area contributed by atoms with Gasteiger partial charge in [-0.2, -0.15) is 4.98 Å². The largest absolute Gasteiger partial charge is 0.481 e. The summed E-state index contributed by atoms with van der Waals surface area (Å²) in [5.74, 6) is -0.150. The van der Waals surface area contributed by atoms with Crippen LogP contribution < -0.4 is 4.74 Å². The molecule has 0 fully saturated rings. The molecule has 0 atom stereocenters. The minimum absolute atomic E-state index is 0.0128. The number of fused-ring (bicyclic) bond motifs is 1. The van der Waals surface area contributed by atoms with Gasteiger partial charge >= 0.3 is 5.97 Å². The summed E-state index contributed by atoms with van der Waals surface area (Å²) in [6.45, 7) is 1.67. The van der Waals surface area contributed by atoms with Gasteiger partial charge in [0, 0.05) is 5.39 Å². The first-order chi connectivity index (χ1) is 10.1. The summed E-state index contributed by atoms with van der Waals surface area (Å²) in [6.07, 6.45) is 1.38. The zero-order chi connectivity index (χ0) is 14.8. The molecular weight excluding hydrogens is 274 g/mol. The van der Waals surface area contributed by atoms with Crippen molar-refractivity contribution in [2.75, 3.05) is 0 Å². The Kier molecular flexibility index (Phi) is 3.23. The lowest BCUT2D eigenvalue weighted by molar-refractivity contribution is 0.0693. The van der Waals surface area contributed by atoms with Crippen molar-refractivity contribution in [3.63, 3.8) is 0 Å². The molecule has 0 amide bonds. The van der Waals surface area contributed by atoms with Crippen LogP contribution in [0.1, 0.15) is 22.1 Å². The van der Waals surface area contributed by atoms with Gasteiger partial charge in [0.25, 0.3) is 5.89 Å². The first-order valence-electron chi connectivity index (χ1n) is 6.18. The molecule has 0 radical (unpaired) electrons. The minimum atomic E-state index is -1.08. The molecule has 7 nitrogen and oxygen atoms in total. The normalized spacial score (nSPS) is 10.7. The number of hydrogen-bond acceptors (Lipinski definition) is 6. The fraction of sp³-hybridized carbons (Fsp3) is 0.143. The Hall–Kier alpha value is -2.96. The average molecular weight is 285 g/mol. The number of carbonyl (C=O) groups is 1. The molecule has 1 aromatic carbocycles. The third-order valence-electron chi connectivity index (χ3n) is 2.88. The van der Waals surface area contributed by atoms with Gasteiger partial charge in [0.15, 0.2) is 18.2 Å². The molecule has 0 saturated heterocycles. The molecule has 21 heavy (non-hydrogen) atoms. The molecular formula is C14H11N3O4. The lowest BCUT2D eigenvalue weighted by atomic mass is 10.1. The third-order valence-corrected chi connectivity index (χ3v) is 2.88. The number of rotatable bonds is 4. The van der Waals surface area contributed by atoms with E-state index in [1.165, 1.54) is 6.20 Å². The molecule has 0 aliphatic carbocycles. The van der Waals surface area contributed by atoms with Crippen molar-refractivity contribution in [3.05, 3.63) is 47.7 Å². The smallest absolute Gasteiger partial charge is 0.340 e. The third kappa shape index (κ3) is 2.53. The van der Waals surface area contributed by atoms with Crippen LogP contribution in [0.3, 0.4) is 0 Å². The van der Waals surface area contributed by atoms with Crippen LogP contribution in [0.25, 0.3) is 10.9 Å². The van der Waals surface area contributed by atoms with E-state index in [0.717, 1.165) is 0 Å². The summed E-state index contributed by atoms with van der Waals surface area (Å²) in [4.78, 5) is 19.7. The highest BCUT2D eigenvalue weighted by Crippen LogP contribution is 2.26. The van der Waals surface area contributed by atoms with Gasteiger partial charge in [0.2, 0.25) is 0 Å².